The number of nitrogens with one attached hydrogen (secondary N) is 2. The SMILES string of the molecule is CNc1ccccc1C(=O)OCC(=O)Nc1cc(S(=O)(=O)N(C)C)ccc1C. The Kier molecular flexibility index (Phi) is 6.76. The first kappa shape index (κ1) is 21.4. The largest absolute Gasteiger partial charge is 0.452 e. The highest BCUT2D eigenvalue weighted by Gasteiger charge is 2.19. The molecule has 2 rings (SSSR count). The summed E-state index contributed by atoms with van der Waals surface area (Å²) in [6, 6.07) is 11.2. The third kappa shape index (κ3) is 4.87. The van der Waals surface area contributed by atoms with Gasteiger partial charge >= 0.3 is 5.97 Å². The molecule has 0 aliphatic rings. The molecule has 0 aliphatic carbocycles. The van der Waals surface area contributed by atoms with Gasteiger partial charge in [0.05, 0.1) is 10.5 Å². The molecule has 0 aromatic heterocycles. The van der Waals surface area contributed by atoms with Gasteiger partial charge in [-0.05, 0) is 36.8 Å². The molecule has 0 radical (unpaired) electrons. The highest BCUT2D eigenvalue weighted by atomic mass is 32.2. The fraction of sp³-hybridized carbons (Fsp3) is 0.263. The molecule has 0 bridgehead atoms. The number of carbonyl (C=O) groups excluding carboxylic acids is 2. The Balaban J connectivity index is 2.08. The molecule has 28 heavy (non-hydrogen) atoms. The van der Waals surface area contributed by atoms with E-state index in [1.807, 2.05) is 0 Å². The van der Waals surface area contributed by atoms with E-state index in [0.717, 1.165) is 4.31 Å². The van der Waals surface area contributed by atoms with E-state index in [-0.39, 0.29) is 4.90 Å². The lowest BCUT2D eigenvalue weighted by Crippen LogP contribution is -2.24. The zero-order chi connectivity index (χ0) is 20.9. The normalized spacial score (nSPS) is 11.2. The first-order valence-electron chi connectivity index (χ1n) is 8.43. The number of benzene rings is 2. The van der Waals surface area contributed by atoms with E-state index in [4.69, 9.17) is 4.74 Å². The second kappa shape index (κ2) is 8.85. The van der Waals surface area contributed by atoms with Crippen molar-refractivity contribution in [2.24, 2.45) is 0 Å². The first-order chi connectivity index (χ1) is 13.2. The molecule has 8 nitrogen and oxygen atoms in total. The highest BCUT2D eigenvalue weighted by Crippen LogP contribution is 2.22. The van der Waals surface area contributed by atoms with Crippen molar-refractivity contribution in [2.75, 3.05) is 38.4 Å². The van der Waals surface area contributed by atoms with Gasteiger partial charge in [0, 0.05) is 32.5 Å². The molecular weight excluding hydrogens is 382 g/mol. The maximum atomic E-state index is 12.3. The summed E-state index contributed by atoms with van der Waals surface area (Å²) in [5.41, 5.74) is 1.91. The van der Waals surface area contributed by atoms with Crippen molar-refractivity contribution in [1.29, 1.82) is 0 Å². The van der Waals surface area contributed by atoms with Crippen molar-refractivity contribution >= 4 is 33.3 Å². The molecule has 0 unspecified atom stereocenters. The summed E-state index contributed by atoms with van der Waals surface area (Å²) < 4.78 is 30.7. The summed E-state index contributed by atoms with van der Waals surface area (Å²) in [4.78, 5) is 24.4. The smallest absolute Gasteiger partial charge is 0.340 e. The lowest BCUT2D eigenvalue weighted by Gasteiger charge is -2.14. The number of nitrogens with zero attached hydrogens (tertiary/aromatic N) is 1. The van der Waals surface area contributed by atoms with Crippen molar-refractivity contribution in [1.82, 2.24) is 4.31 Å². The Labute approximate surface area is 164 Å². The quantitative estimate of drug-likeness (QED) is 0.684. The van der Waals surface area contributed by atoms with Crippen molar-refractivity contribution in [2.45, 2.75) is 11.8 Å². The maximum absolute atomic E-state index is 12.3. The predicted octanol–water partition coefficient (Wildman–Crippen LogP) is 2.08. The number of anilines is 2. The zero-order valence-corrected chi connectivity index (χ0v) is 17.0. The molecule has 0 saturated heterocycles. The van der Waals surface area contributed by atoms with E-state index in [2.05, 4.69) is 10.6 Å². The van der Waals surface area contributed by atoms with Crippen LogP contribution in [-0.4, -0.2) is 52.3 Å². The van der Waals surface area contributed by atoms with Gasteiger partial charge in [-0.1, -0.05) is 18.2 Å². The van der Waals surface area contributed by atoms with Crippen LogP contribution in [-0.2, 0) is 19.6 Å². The molecule has 9 heteroatoms. The molecule has 2 N–H and O–H groups in total. The van der Waals surface area contributed by atoms with E-state index in [1.54, 1.807) is 44.3 Å². The van der Waals surface area contributed by atoms with Gasteiger partial charge in [0.1, 0.15) is 0 Å². The van der Waals surface area contributed by atoms with Crippen LogP contribution in [0.4, 0.5) is 11.4 Å². The Hall–Kier alpha value is -2.91. The summed E-state index contributed by atoms with van der Waals surface area (Å²) in [7, 11) is 0.898. The van der Waals surface area contributed by atoms with E-state index >= 15 is 0 Å². The van der Waals surface area contributed by atoms with Gasteiger partial charge in [-0.2, -0.15) is 0 Å². The minimum Gasteiger partial charge on any atom is -0.452 e. The number of sulfonamides is 1. The van der Waals surface area contributed by atoms with E-state index < -0.39 is 28.5 Å². The van der Waals surface area contributed by atoms with Gasteiger partial charge in [-0.3, -0.25) is 4.79 Å². The Bertz CT molecular complexity index is 987. The minimum atomic E-state index is -3.63. The molecule has 0 aliphatic heterocycles. The van der Waals surface area contributed by atoms with Crippen LogP contribution in [0.25, 0.3) is 0 Å². The summed E-state index contributed by atoms with van der Waals surface area (Å²) in [5, 5.41) is 5.46. The fourth-order valence-electron chi connectivity index (χ4n) is 2.38. The molecule has 2 aromatic carbocycles. The van der Waals surface area contributed by atoms with Crippen molar-refractivity contribution in [3.8, 4) is 0 Å². The van der Waals surface area contributed by atoms with Gasteiger partial charge in [0.25, 0.3) is 5.91 Å². The van der Waals surface area contributed by atoms with Gasteiger partial charge in [0.2, 0.25) is 10.0 Å². The topological polar surface area (TPSA) is 105 Å². The van der Waals surface area contributed by atoms with Crippen molar-refractivity contribution < 1.29 is 22.7 Å². The standard InChI is InChI=1S/C19H23N3O5S/c1-13-9-10-14(28(25,26)22(3)4)11-17(13)21-18(23)12-27-19(24)15-7-5-6-8-16(15)20-2/h5-11,20H,12H2,1-4H3,(H,21,23). The number of para-hydroxylation sites is 1. The monoisotopic (exact) mass is 405 g/mol. The number of esters is 1. The molecule has 150 valence electrons. The number of aryl methyl sites for hydroxylation is 1. The molecule has 0 heterocycles. The lowest BCUT2D eigenvalue weighted by molar-refractivity contribution is -0.119. The van der Waals surface area contributed by atoms with Crippen LogP contribution in [0.3, 0.4) is 0 Å². The number of rotatable bonds is 7. The van der Waals surface area contributed by atoms with Gasteiger partial charge < -0.3 is 15.4 Å². The van der Waals surface area contributed by atoms with Crippen LogP contribution in [0.1, 0.15) is 15.9 Å². The molecule has 0 saturated carbocycles. The van der Waals surface area contributed by atoms with Crippen LogP contribution >= 0.6 is 0 Å². The Morgan fingerprint density at radius 3 is 2.39 bits per heavy atom. The van der Waals surface area contributed by atoms with Gasteiger partial charge in [-0.15, -0.1) is 0 Å². The summed E-state index contributed by atoms with van der Waals surface area (Å²) in [6.45, 7) is 1.23. The first-order valence-corrected chi connectivity index (χ1v) is 9.87. The molecule has 0 fully saturated rings. The Morgan fingerprint density at radius 2 is 1.75 bits per heavy atom. The fourth-order valence-corrected chi connectivity index (χ4v) is 3.31. The predicted molar refractivity (Wildman–Crippen MR) is 107 cm³/mol. The molecule has 0 spiro atoms. The van der Waals surface area contributed by atoms with E-state index in [0.29, 0.717) is 22.5 Å². The second-order valence-corrected chi connectivity index (χ2v) is 8.34. The third-order valence-corrected chi connectivity index (χ3v) is 5.82. The number of hydrogen-bond acceptors (Lipinski definition) is 6. The average molecular weight is 405 g/mol. The van der Waals surface area contributed by atoms with E-state index in [1.165, 1.54) is 26.2 Å². The molecule has 0 atom stereocenters. The number of ether oxygens (including phenoxy) is 1. The van der Waals surface area contributed by atoms with Crippen molar-refractivity contribution in [3.63, 3.8) is 0 Å². The molecular formula is C19H23N3O5S. The molecule has 1 amide bonds. The van der Waals surface area contributed by atoms with Crippen LogP contribution in [0.15, 0.2) is 47.4 Å². The van der Waals surface area contributed by atoms with E-state index in [9.17, 15) is 18.0 Å². The van der Waals surface area contributed by atoms with Crippen LogP contribution in [0, 0.1) is 6.92 Å². The van der Waals surface area contributed by atoms with Crippen molar-refractivity contribution in [3.05, 3.63) is 53.6 Å². The average Bonchev–Trinajstić information content (AvgIpc) is 2.67. The number of hydrogen-bond donors (Lipinski definition) is 2. The maximum Gasteiger partial charge on any atom is 0.340 e. The van der Waals surface area contributed by atoms with Crippen LogP contribution in [0.2, 0.25) is 0 Å². The van der Waals surface area contributed by atoms with Gasteiger partial charge in [0.15, 0.2) is 6.61 Å². The zero-order valence-electron chi connectivity index (χ0n) is 16.1. The third-order valence-electron chi connectivity index (χ3n) is 4.01. The van der Waals surface area contributed by atoms with Gasteiger partial charge in [-0.25, -0.2) is 17.5 Å². The number of amides is 1. The summed E-state index contributed by atoms with van der Waals surface area (Å²) in [5.74, 6) is -1.21. The number of carbonyl (C=O) groups is 2. The molecule has 2 aromatic rings. The van der Waals surface area contributed by atoms with Crippen LogP contribution < -0.4 is 10.6 Å². The summed E-state index contributed by atoms with van der Waals surface area (Å²) in [6.07, 6.45) is 0. The highest BCUT2D eigenvalue weighted by molar-refractivity contribution is 7.89. The second-order valence-electron chi connectivity index (χ2n) is 6.18. The lowest BCUT2D eigenvalue weighted by atomic mass is 10.2. The minimum absolute atomic E-state index is 0.0540. The Morgan fingerprint density at radius 1 is 1.07 bits per heavy atom. The summed E-state index contributed by atoms with van der Waals surface area (Å²) >= 11 is 0. The van der Waals surface area contributed by atoms with Crippen LogP contribution in [0.5, 0.6) is 0 Å².